The van der Waals surface area contributed by atoms with Crippen LogP contribution in [0.5, 0.6) is 0 Å². The third-order valence-corrected chi connectivity index (χ3v) is 4.35. The third kappa shape index (κ3) is 3.89. The highest BCUT2D eigenvalue weighted by Crippen LogP contribution is 2.29. The van der Waals surface area contributed by atoms with Crippen LogP contribution in [0.2, 0.25) is 0 Å². The summed E-state index contributed by atoms with van der Waals surface area (Å²) in [5, 5.41) is 3.65. The molecule has 0 bridgehead atoms. The lowest BCUT2D eigenvalue weighted by molar-refractivity contribution is 0.293. The molecule has 1 aromatic rings. The third-order valence-electron chi connectivity index (χ3n) is 4.35. The van der Waals surface area contributed by atoms with E-state index in [1.807, 2.05) is 0 Å². The van der Waals surface area contributed by atoms with Gasteiger partial charge < -0.3 is 10.2 Å². The Morgan fingerprint density at radius 2 is 2.05 bits per heavy atom. The number of nitrogens with zero attached hydrogens (tertiary/aromatic N) is 1. The summed E-state index contributed by atoms with van der Waals surface area (Å²) in [4.78, 5) is 2.15. The minimum absolute atomic E-state index is 0.858. The van der Waals surface area contributed by atoms with E-state index in [9.17, 15) is 0 Å². The van der Waals surface area contributed by atoms with Crippen LogP contribution in [0.25, 0.3) is 0 Å². The number of hydrogen-bond donors (Lipinski definition) is 1. The molecule has 0 radical (unpaired) electrons. The van der Waals surface area contributed by atoms with Gasteiger partial charge >= 0.3 is 0 Å². The predicted molar refractivity (Wildman–Crippen MR) is 85.1 cm³/mol. The van der Waals surface area contributed by atoms with Crippen LogP contribution in [0.4, 0.5) is 11.4 Å². The van der Waals surface area contributed by atoms with Crippen LogP contribution in [0, 0.1) is 18.8 Å². The van der Waals surface area contributed by atoms with Gasteiger partial charge in [0.1, 0.15) is 0 Å². The lowest BCUT2D eigenvalue weighted by Crippen LogP contribution is -2.21. The molecule has 0 amide bonds. The zero-order valence-corrected chi connectivity index (χ0v) is 12.9. The SMILES string of the molecule is Cc1cc(N(C)C)ccc1NCC1CCCC(C)C1. The van der Waals surface area contributed by atoms with Gasteiger partial charge in [0.2, 0.25) is 0 Å². The first-order chi connectivity index (χ1) is 9.06. The molecule has 1 fully saturated rings. The molecule has 1 saturated carbocycles. The summed E-state index contributed by atoms with van der Waals surface area (Å²) in [6.07, 6.45) is 5.62. The number of aryl methyl sites for hydroxylation is 1. The molecule has 0 aromatic heterocycles. The number of hydrogen-bond acceptors (Lipinski definition) is 2. The highest BCUT2D eigenvalue weighted by molar-refractivity contribution is 5.59. The maximum Gasteiger partial charge on any atom is 0.0371 e. The van der Waals surface area contributed by atoms with Crippen molar-refractivity contribution in [2.24, 2.45) is 11.8 Å². The van der Waals surface area contributed by atoms with E-state index in [1.54, 1.807) is 0 Å². The van der Waals surface area contributed by atoms with E-state index in [0.717, 1.165) is 18.4 Å². The lowest BCUT2D eigenvalue weighted by Gasteiger charge is -2.27. The van der Waals surface area contributed by atoms with Gasteiger partial charge in [0.15, 0.2) is 0 Å². The summed E-state index contributed by atoms with van der Waals surface area (Å²) in [7, 11) is 4.18. The van der Waals surface area contributed by atoms with Crippen molar-refractivity contribution in [3.63, 3.8) is 0 Å². The molecule has 0 spiro atoms. The first-order valence-electron chi connectivity index (χ1n) is 7.58. The van der Waals surface area contributed by atoms with Gasteiger partial charge in [0.25, 0.3) is 0 Å². The van der Waals surface area contributed by atoms with E-state index in [-0.39, 0.29) is 0 Å². The van der Waals surface area contributed by atoms with Gasteiger partial charge in [0.05, 0.1) is 0 Å². The zero-order chi connectivity index (χ0) is 13.8. The van der Waals surface area contributed by atoms with Crippen molar-refractivity contribution in [3.8, 4) is 0 Å². The average Bonchev–Trinajstić information content (AvgIpc) is 2.37. The first-order valence-corrected chi connectivity index (χ1v) is 7.58. The van der Waals surface area contributed by atoms with Crippen molar-refractivity contribution in [1.82, 2.24) is 0 Å². The molecule has 2 nitrogen and oxygen atoms in total. The van der Waals surface area contributed by atoms with E-state index in [2.05, 4.69) is 56.4 Å². The summed E-state index contributed by atoms with van der Waals surface area (Å²) in [5.74, 6) is 1.77. The molecule has 1 aliphatic rings. The summed E-state index contributed by atoms with van der Waals surface area (Å²) < 4.78 is 0. The Hall–Kier alpha value is -1.18. The van der Waals surface area contributed by atoms with Gasteiger partial charge in [-0.05, 0) is 55.4 Å². The number of anilines is 2. The number of rotatable bonds is 4. The van der Waals surface area contributed by atoms with Crippen molar-refractivity contribution in [2.75, 3.05) is 30.9 Å². The van der Waals surface area contributed by atoms with Crippen LogP contribution in [-0.2, 0) is 0 Å². The molecule has 1 aromatic carbocycles. The monoisotopic (exact) mass is 260 g/mol. The summed E-state index contributed by atoms with van der Waals surface area (Å²) in [6, 6.07) is 6.67. The predicted octanol–water partition coefficient (Wildman–Crippen LogP) is 4.30. The highest BCUT2D eigenvalue weighted by Gasteiger charge is 2.18. The normalized spacial score (nSPS) is 23.2. The van der Waals surface area contributed by atoms with E-state index in [4.69, 9.17) is 0 Å². The summed E-state index contributed by atoms with van der Waals surface area (Å²) in [6.45, 7) is 5.72. The maximum absolute atomic E-state index is 3.65. The molecule has 0 heterocycles. The Balaban J connectivity index is 1.92. The van der Waals surface area contributed by atoms with Crippen molar-refractivity contribution in [2.45, 2.75) is 39.5 Å². The van der Waals surface area contributed by atoms with Crippen LogP contribution in [0.3, 0.4) is 0 Å². The molecule has 2 heteroatoms. The van der Waals surface area contributed by atoms with Gasteiger partial charge in [-0.15, -0.1) is 0 Å². The van der Waals surface area contributed by atoms with Crippen molar-refractivity contribution in [3.05, 3.63) is 23.8 Å². The van der Waals surface area contributed by atoms with Crippen molar-refractivity contribution < 1.29 is 0 Å². The van der Waals surface area contributed by atoms with Crippen molar-refractivity contribution in [1.29, 1.82) is 0 Å². The molecule has 0 aliphatic heterocycles. The molecular formula is C17H28N2. The summed E-state index contributed by atoms with van der Waals surface area (Å²) in [5.41, 5.74) is 3.91. The standard InChI is InChI=1S/C17H28N2/c1-13-6-5-7-15(10-13)12-18-17-9-8-16(19(3)4)11-14(17)2/h8-9,11,13,15,18H,5-7,10,12H2,1-4H3. The molecule has 2 rings (SSSR count). The quantitative estimate of drug-likeness (QED) is 0.868. The van der Waals surface area contributed by atoms with Crippen LogP contribution < -0.4 is 10.2 Å². The Morgan fingerprint density at radius 3 is 2.68 bits per heavy atom. The fourth-order valence-corrected chi connectivity index (χ4v) is 3.12. The van der Waals surface area contributed by atoms with E-state index >= 15 is 0 Å². The fourth-order valence-electron chi connectivity index (χ4n) is 3.12. The van der Waals surface area contributed by atoms with Crippen molar-refractivity contribution >= 4 is 11.4 Å². The fraction of sp³-hybridized carbons (Fsp3) is 0.647. The molecule has 1 N–H and O–H groups in total. The molecule has 19 heavy (non-hydrogen) atoms. The molecule has 1 aliphatic carbocycles. The molecule has 2 unspecified atom stereocenters. The Morgan fingerprint density at radius 1 is 1.26 bits per heavy atom. The Bertz CT molecular complexity index is 412. The largest absolute Gasteiger partial charge is 0.385 e. The van der Waals surface area contributed by atoms with E-state index < -0.39 is 0 Å². The minimum Gasteiger partial charge on any atom is -0.385 e. The second kappa shape index (κ2) is 6.31. The highest BCUT2D eigenvalue weighted by atomic mass is 15.1. The number of nitrogens with one attached hydrogen (secondary N) is 1. The van der Waals surface area contributed by atoms with Gasteiger partial charge in [0, 0.05) is 32.0 Å². The van der Waals surface area contributed by atoms with Crippen LogP contribution >= 0.6 is 0 Å². The van der Waals surface area contributed by atoms with Gasteiger partial charge in [-0.3, -0.25) is 0 Å². The maximum atomic E-state index is 3.65. The van der Waals surface area contributed by atoms with Gasteiger partial charge in [-0.2, -0.15) is 0 Å². The second-order valence-corrected chi connectivity index (χ2v) is 6.41. The first kappa shape index (κ1) is 14.2. The molecule has 106 valence electrons. The molecule has 0 saturated heterocycles. The second-order valence-electron chi connectivity index (χ2n) is 6.41. The zero-order valence-electron chi connectivity index (χ0n) is 12.9. The summed E-state index contributed by atoms with van der Waals surface area (Å²) >= 11 is 0. The topological polar surface area (TPSA) is 15.3 Å². The smallest absolute Gasteiger partial charge is 0.0371 e. The van der Waals surface area contributed by atoms with E-state index in [0.29, 0.717) is 0 Å². The van der Waals surface area contributed by atoms with Crippen LogP contribution in [0.1, 0.15) is 38.2 Å². The molecular weight excluding hydrogens is 232 g/mol. The van der Waals surface area contributed by atoms with Gasteiger partial charge in [-0.1, -0.05) is 19.8 Å². The Kier molecular flexibility index (Phi) is 4.73. The lowest BCUT2D eigenvalue weighted by atomic mass is 9.82. The van der Waals surface area contributed by atoms with E-state index in [1.165, 1.54) is 42.6 Å². The van der Waals surface area contributed by atoms with Crippen LogP contribution in [0.15, 0.2) is 18.2 Å². The van der Waals surface area contributed by atoms with Crippen LogP contribution in [-0.4, -0.2) is 20.6 Å². The minimum atomic E-state index is 0.858. The average molecular weight is 260 g/mol. The van der Waals surface area contributed by atoms with Gasteiger partial charge in [-0.25, -0.2) is 0 Å². The number of benzene rings is 1. The molecule has 2 atom stereocenters. The Labute approximate surface area is 118 Å².